The molecule has 1 N–H and O–H groups in total. The summed E-state index contributed by atoms with van der Waals surface area (Å²) in [6.07, 6.45) is 2.36. The number of piperidine rings is 1. The van der Waals surface area contributed by atoms with Gasteiger partial charge in [-0.05, 0) is 25.0 Å². The van der Waals surface area contributed by atoms with Gasteiger partial charge in [0.2, 0.25) is 11.8 Å². The highest BCUT2D eigenvalue weighted by Gasteiger charge is 2.58. The van der Waals surface area contributed by atoms with Gasteiger partial charge in [0.25, 0.3) is 0 Å². The van der Waals surface area contributed by atoms with Crippen molar-refractivity contribution < 1.29 is 19.1 Å². The molecule has 4 rings (SSSR count). The van der Waals surface area contributed by atoms with E-state index in [-0.39, 0.29) is 16.8 Å². The van der Waals surface area contributed by atoms with Gasteiger partial charge in [-0.1, -0.05) is 29.3 Å². The molecule has 2 heterocycles. The fraction of sp³-hybridized carbons (Fsp3) is 0.556. The third-order valence-corrected chi connectivity index (χ3v) is 6.24. The van der Waals surface area contributed by atoms with Crippen molar-refractivity contribution in [2.75, 3.05) is 31.6 Å². The summed E-state index contributed by atoms with van der Waals surface area (Å²) in [5.41, 5.74) is -0.568. The van der Waals surface area contributed by atoms with E-state index in [0.717, 1.165) is 0 Å². The Morgan fingerprint density at radius 2 is 1.69 bits per heavy atom. The van der Waals surface area contributed by atoms with Crippen LogP contribution in [0.25, 0.3) is 0 Å². The Bertz CT molecular complexity index is 735. The number of rotatable bonds is 3. The van der Waals surface area contributed by atoms with E-state index in [1.165, 1.54) is 0 Å². The van der Waals surface area contributed by atoms with Gasteiger partial charge in [-0.25, -0.2) is 0 Å². The number of nitrogens with zero attached hydrogens (tertiary/aromatic N) is 1. The predicted molar refractivity (Wildman–Crippen MR) is 97.2 cm³/mol. The maximum absolute atomic E-state index is 13.0. The molecule has 140 valence electrons. The molecule has 0 unspecified atom stereocenters. The minimum absolute atomic E-state index is 0.124. The highest BCUT2D eigenvalue weighted by molar-refractivity contribution is 6.44. The number of likely N-dealkylation sites (tertiary alicyclic amines) is 1. The first-order chi connectivity index (χ1) is 12.5. The Kier molecular flexibility index (Phi) is 4.63. The average molecular weight is 399 g/mol. The molecule has 3 fully saturated rings. The summed E-state index contributed by atoms with van der Waals surface area (Å²) in [7, 11) is 0. The smallest absolute Gasteiger partial charge is 0.240 e. The number of ether oxygens (including phenoxy) is 2. The lowest BCUT2D eigenvalue weighted by Crippen LogP contribution is -2.51. The molecule has 2 saturated heterocycles. The second-order valence-corrected chi connectivity index (χ2v) is 7.82. The molecule has 1 spiro atoms. The highest BCUT2D eigenvalue weighted by Crippen LogP contribution is 2.49. The zero-order valence-electron chi connectivity index (χ0n) is 14.2. The molecule has 6 nitrogen and oxygen atoms in total. The van der Waals surface area contributed by atoms with Gasteiger partial charge >= 0.3 is 0 Å². The number of carbonyl (C=O) groups is 2. The summed E-state index contributed by atoms with van der Waals surface area (Å²) >= 11 is 12.1. The standard InChI is InChI=1S/C18H20Cl2N2O4/c19-12-2-1-3-13(14(12)20)21-15(23)17(4-5-17)16(24)22-8-6-18(7-9-22)25-10-11-26-18/h1-3H,4-11H2,(H,21,23). The molecule has 2 aliphatic heterocycles. The molecule has 8 heteroatoms. The Morgan fingerprint density at radius 1 is 1.04 bits per heavy atom. The summed E-state index contributed by atoms with van der Waals surface area (Å²) in [5, 5.41) is 3.41. The molecule has 0 radical (unpaired) electrons. The van der Waals surface area contributed by atoms with Crippen LogP contribution >= 0.6 is 23.2 Å². The number of nitrogens with one attached hydrogen (secondary N) is 1. The summed E-state index contributed by atoms with van der Waals surface area (Å²) < 4.78 is 11.4. The fourth-order valence-electron chi connectivity index (χ4n) is 3.64. The number of amides is 2. The van der Waals surface area contributed by atoms with Gasteiger partial charge in [0.1, 0.15) is 5.41 Å². The topological polar surface area (TPSA) is 67.9 Å². The van der Waals surface area contributed by atoms with Crippen molar-refractivity contribution in [1.82, 2.24) is 4.90 Å². The van der Waals surface area contributed by atoms with Crippen LogP contribution in [0.2, 0.25) is 10.0 Å². The maximum atomic E-state index is 13.0. The number of halogens is 2. The average Bonchev–Trinajstić information content (AvgIpc) is 3.34. The first-order valence-corrected chi connectivity index (χ1v) is 9.54. The number of benzene rings is 1. The Morgan fingerprint density at radius 3 is 2.31 bits per heavy atom. The van der Waals surface area contributed by atoms with E-state index in [2.05, 4.69) is 5.32 Å². The molecule has 1 aromatic rings. The van der Waals surface area contributed by atoms with Crippen molar-refractivity contribution in [3.05, 3.63) is 28.2 Å². The largest absolute Gasteiger partial charge is 0.347 e. The van der Waals surface area contributed by atoms with E-state index in [1.807, 2.05) is 0 Å². The molecule has 26 heavy (non-hydrogen) atoms. The van der Waals surface area contributed by atoms with Crippen molar-refractivity contribution in [2.24, 2.45) is 5.41 Å². The van der Waals surface area contributed by atoms with Crippen LogP contribution in [0.4, 0.5) is 5.69 Å². The third-order valence-electron chi connectivity index (χ3n) is 5.42. The van der Waals surface area contributed by atoms with Gasteiger partial charge in [0.15, 0.2) is 5.79 Å². The lowest BCUT2D eigenvalue weighted by molar-refractivity contribution is -0.188. The molecule has 0 atom stereocenters. The van der Waals surface area contributed by atoms with Crippen LogP contribution in [0.1, 0.15) is 25.7 Å². The number of hydrogen-bond acceptors (Lipinski definition) is 4. The van der Waals surface area contributed by atoms with Crippen LogP contribution in [0.3, 0.4) is 0 Å². The van der Waals surface area contributed by atoms with Crippen LogP contribution in [-0.2, 0) is 19.1 Å². The Balaban J connectivity index is 1.42. The van der Waals surface area contributed by atoms with Gasteiger partial charge in [0.05, 0.1) is 28.9 Å². The lowest BCUT2D eigenvalue weighted by Gasteiger charge is -2.38. The Hall–Kier alpha value is -1.34. The molecule has 1 aromatic carbocycles. The molecule has 1 saturated carbocycles. The van der Waals surface area contributed by atoms with Crippen molar-refractivity contribution in [1.29, 1.82) is 0 Å². The van der Waals surface area contributed by atoms with Crippen molar-refractivity contribution in [2.45, 2.75) is 31.5 Å². The summed E-state index contributed by atoms with van der Waals surface area (Å²) in [5.74, 6) is -0.981. The molecular formula is C18H20Cl2N2O4. The van der Waals surface area contributed by atoms with Crippen molar-refractivity contribution >= 4 is 40.7 Å². The minimum Gasteiger partial charge on any atom is -0.347 e. The third kappa shape index (κ3) is 3.09. The summed E-state index contributed by atoms with van der Waals surface area (Å²) in [6, 6.07) is 5.03. The number of anilines is 1. The van der Waals surface area contributed by atoms with Crippen LogP contribution in [0.15, 0.2) is 18.2 Å². The fourth-order valence-corrected chi connectivity index (χ4v) is 3.99. The van der Waals surface area contributed by atoms with Crippen LogP contribution < -0.4 is 5.32 Å². The normalized spacial score (nSPS) is 23.1. The monoisotopic (exact) mass is 398 g/mol. The SMILES string of the molecule is O=C(Nc1cccc(Cl)c1Cl)C1(C(=O)N2CCC3(CC2)OCCO3)CC1. The summed E-state index contributed by atoms with van der Waals surface area (Å²) in [6.45, 7) is 2.26. The van der Waals surface area contributed by atoms with E-state index >= 15 is 0 Å². The predicted octanol–water partition coefficient (Wildman–Crippen LogP) is 3.08. The lowest BCUT2D eigenvalue weighted by atomic mass is 9.98. The van der Waals surface area contributed by atoms with E-state index in [0.29, 0.717) is 62.7 Å². The van der Waals surface area contributed by atoms with Gasteiger partial charge in [0, 0.05) is 25.9 Å². The molecule has 0 aromatic heterocycles. The van der Waals surface area contributed by atoms with Crippen LogP contribution in [0, 0.1) is 5.41 Å². The van der Waals surface area contributed by atoms with E-state index in [4.69, 9.17) is 32.7 Å². The first-order valence-electron chi connectivity index (χ1n) is 8.79. The van der Waals surface area contributed by atoms with Gasteiger partial charge in [-0.15, -0.1) is 0 Å². The van der Waals surface area contributed by atoms with Gasteiger partial charge in [-0.3, -0.25) is 9.59 Å². The van der Waals surface area contributed by atoms with Crippen LogP contribution in [0.5, 0.6) is 0 Å². The molecule has 3 aliphatic rings. The van der Waals surface area contributed by atoms with E-state index < -0.39 is 11.2 Å². The van der Waals surface area contributed by atoms with E-state index in [9.17, 15) is 9.59 Å². The molecule has 2 amide bonds. The zero-order chi connectivity index (χ0) is 18.4. The molecular weight excluding hydrogens is 379 g/mol. The van der Waals surface area contributed by atoms with Crippen molar-refractivity contribution in [3.63, 3.8) is 0 Å². The minimum atomic E-state index is -0.993. The quantitative estimate of drug-likeness (QED) is 0.794. The van der Waals surface area contributed by atoms with Crippen molar-refractivity contribution in [3.8, 4) is 0 Å². The second kappa shape index (κ2) is 6.68. The Labute approximate surface area is 161 Å². The zero-order valence-corrected chi connectivity index (χ0v) is 15.7. The van der Waals surface area contributed by atoms with Crippen LogP contribution in [-0.4, -0.2) is 48.8 Å². The second-order valence-electron chi connectivity index (χ2n) is 7.04. The number of carbonyl (C=O) groups excluding carboxylic acids is 2. The van der Waals surface area contributed by atoms with Gasteiger partial charge < -0.3 is 19.7 Å². The van der Waals surface area contributed by atoms with Gasteiger partial charge in [-0.2, -0.15) is 0 Å². The summed E-state index contributed by atoms with van der Waals surface area (Å²) in [4.78, 5) is 27.5. The molecule has 0 bridgehead atoms. The number of hydrogen-bond donors (Lipinski definition) is 1. The highest BCUT2D eigenvalue weighted by atomic mass is 35.5. The first kappa shape index (κ1) is 18.0. The maximum Gasteiger partial charge on any atom is 0.240 e. The van der Waals surface area contributed by atoms with E-state index in [1.54, 1.807) is 23.1 Å². The molecule has 1 aliphatic carbocycles.